The number of nitrogens with zero attached hydrogens (tertiary/aromatic N) is 1. The zero-order valence-corrected chi connectivity index (χ0v) is 12.4. The van der Waals surface area contributed by atoms with Crippen molar-refractivity contribution in [2.75, 3.05) is 13.1 Å². The van der Waals surface area contributed by atoms with Crippen molar-refractivity contribution in [3.05, 3.63) is 29.6 Å². The van der Waals surface area contributed by atoms with E-state index in [-0.39, 0.29) is 23.9 Å². The summed E-state index contributed by atoms with van der Waals surface area (Å²) in [5.41, 5.74) is -0.600. The predicted molar refractivity (Wildman–Crippen MR) is 72.1 cm³/mol. The maximum atomic E-state index is 13.9. The number of halogens is 1. The molecule has 20 heavy (non-hydrogen) atoms. The minimum atomic E-state index is -4.06. The SMILES string of the molecule is Cc1ccc(F)c(S(=O)(=O)N2CCNC(=O)C2(C)C)c1. The average molecular weight is 300 g/mol. The fourth-order valence-corrected chi connectivity index (χ4v) is 4.13. The lowest BCUT2D eigenvalue weighted by atomic mass is 10.0. The zero-order valence-electron chi connectivity index (χ0n) is 11.6. The number of benzene rings is 1. The summed E-state index contributed by atoms with van der Waals surface area (Å²) >= 11 is 0. The molecule has 1 aromatic rings. The van der Waals surface area contributed by atoms with Crippen LogP contribution in [0.3, 0.4) is 0 Å². The summed E-state index contributed by atoms with van der Waals surface area (Å²) in [5, 5.41) is 2.61. The first kappa shape index (κ1) is 14.9. The van der Waals surface area contributed by atoms with E-state index in [9.17, 15) is 17.6 Å². The van der Waals surface area contributed by atoms with Gasteiger partial charge in [0.15, 0.2) is 0 Å². The highest BCUT2D eigenvalue weighted by atomic mass is 32.2. The van der Waals surface area contributed by atoms with Crippen molar-refractivity contribution in [1.82, 2.24) is 9.62 Å². The van der Waals surface area contributed by atoms with Crippen LogP contribution in [0.25, 0.3) is 0 Å². The molecule has 1 fully saturated rings. The van der Waals surface area contributed by atoms with Gasteiger partial charge in [0, 0.05) is 13.1 Å². The molecule has 1 aliphatic rings. The van der Waals surface area contributed by atoms with Crippen LogP contribution in [-0.4, -0.2) is 37.3 Å². The molecule has 0 aliphatic carbocycles. The number of rotatable bonds is 2. The maximum absolute atomic E-state index is 13.9. The third-order valence-electron chi connectivity index (χ3n) is 3.43. The molecule has 5 nitrogen and oxygen atoms in total. The smallest absolute Gasteiger partial charge is 0.247 e. The van der Waals surface area contributed by atoms with Crippen molar-refractivity contribution in [3.63, 3.8) is 0 Å². The molecule has 1 amide bonds. The highest BCUT2D eigenvalue weighted by molar-refractivity contribution is 7.89. The Hall–Kier alpha value is -1.47. The molecular weight excluding hydrogens is 283 g/mol. The maximum Gasteiger partial charge on any atom is 0.247 e. The molecule has 0 aromatic heterocycles. The number of piperazine rings is 1. The number of amides is 1. The summed E-state index contributed by atoms with van der Waals surface area (Å²) < 4.78 is 40.2. The first-order valence-corrected chi connectivity index (χ1v) is 7.68. The van der Waals surface area contributed by atoms with Gasteiger partial charge >= 0.3 is 0 Å². The second-order valence-electron chi connectivity index (χ2n) is 5.33. The van der Waals surface area contributed by atoms with E-state index in [2.05, 4.69) is 5.32 Å². The van der Waals surface area contributed by atoms with Crippen molar-refractivity contribution in [2.24, 2.45) is 0 Å². The third-order valence-corrected chi connectivity index (χ3v) is 5.52. The van der Waals surface area contributed by atoms with Gasteiger partial charge in [-0.2, -0.15) is 4.31 Å². The molecule has 7 heteroatoms. The van der Waals surface area contributed by atoms with Gasteiger partial charge < -0.3 is 5.32 Å². The molecule has 0 radical (unpaired) electrons. The van der Waals surface area contributed by atoms with E-state index in [0.717, 1.165) is 10.4 Å². The molecule has 0 spiro atoms. The van der Waals surface area contributed by atoms with Crippen molar-refractivity contribution in [3.8, 4) is 0 Å². The van der Waals surface area contributed by atoms with Gasteiger partial charge in [0.05, 0.1) is 0 Å². The Morgan fingerprint density at radius 1 is 1.35 bits per heavy atom. The number of hydrogen-bond acceptors (Lipinski definition) is 3. The number of carbonyl (C=O) groups is 1. The highest BCUT2D eigenvalue weighted by Crippen LogP contribution is 2.28. The van der Waals surface area contributed by atoms with E-state index < -0.39 is 21.4 Å². The number of sulfonamides is 1. The van der Waals surface area contributed by atoms with Gasteiger partial charge in [-0.05, 0) is 38.5 Å². The Balaban J connectivity index is 2.55. The monoisotopic (exact) mass is 300 g/mol. The third kappa shape index (κ3) is 2.31. The number of carbonyl (C=O) groups excluding carboxylic acids is 1. The van der Waals surface area contributed by atoms with Crippen LogP contribution in [-0.2, 0) is 14.8 Å². The van der Waals surface area contributed by atoms with Crippen molar-refractivity contribution < 1.29 is 17.6 Å². The second-order valence-corrected chi connectivity index (χ2v) is 7.16. The van der Waals surface area contributed by atoms with Gasteiger partial charge in [0.25, 0.3) is 0 Å². The standard InChI is InChI=1S/C13H17FN2O3S/c1-9-4-5-10(14)11(8-9)20(18,19)16-7-6-15-12(17)13(16,2)3/h4-5,8H,6-7H2,1-3H3,(H,15,17). The normalized spacial score (nSPS) is 19.7. The lowest BCUT2D eigenvalue weighted by Gasteiger charge is -2.39. The Morgan fingerprint density at radius 3 is 2.65 bits per heavy atom. The van der Waals surface area contributed by atoms with E-state index in [0.29, 0.717) is 5.56 Å². The van der Waals surface area contributed by atoms with Gasteiger partial charge in [-0.3, -0.25) is 4.79 Å². The van der Waals surface area contributed by atoms with Crippen LogP contribution in [0.5, 0.6) is 0 Å². The van der Waals surface area contributed by atoms with Gasteiger partial charge in [-0.25, -0.2) is 12.8 Å². The van der Waals surface area contributed by atoms with Crippen LogP contribution < -0.4 is 5.32 Å². The predicted octanol–water partition coefficient (Wildman–Crippen LogP) is 1.03. The minimum absolute atomic E-state index is 0.119. The van der Waals surface area contributed by atoms with Crippen LogP contribution in [0.15, 0.2) is 23.1 Å². The van der Waals surface area contributed by atoms with E-state index >= 15 is 0 Å². The first-order chi connectivity index (χ1) is 9.17. The summed E-state index contributed by atoms with van der Waals surface area (Å²) in [7, 11) is -4.06. The lowest BCUT2D eigenvalue weighted by Crippen LogP contribution is -2.63. The van der Waals surface area contributed by atoms with Gasteiger partial charge in [-0.15, -0.1) is 0 Å². The number of nitrogens with one attached hydrogen (secondary N) is 1. The molecule has 1 saturated heterocycles. The van der Waals surface area contributed by atoms with E-state index in [1.807, 2.05) is 0 Å². The molecule has 0 bridgehead atoms. The molecule has 0 atom stereocenters. The summed E-state index contributed by atoms with van der Waals surface area (Å²) in [6.45, 7) is 5.04. The fraction of sp³-hybridized carbons (Fsp3) is 0.462. The first-order valence-electron chi connectivity index (χ1n) is 6.24. The molecule has 1 N–H and O–H groups in total. The molecular formula is C13H17FN2O3S. The minimum Gasteiger partial charge on any atom is -0.353 e. The Labute approximate surface area is 117 Å². The quantitative estimate of drug-likeness (QED) is 0.887. The topological polar surface area (TPSA) is 66.5 Å². The van der Waals surface area contributed by atoms with Gasteiger partial charge in [0.1, 0.15) is 16.3 Å². The van der Waals surface area contributed by atoms with Crippen LogP contribution in [0.4, 0.5) is 4.39 Å². The Bertz CT molecular complexity index is 656. The van der Waals surface area contributed by atoms with E-state index in [1.54, 1.807) is 6.92 Å². The molecule has 0 unspecified atom stereocenters. The molecule has 1 aliphatic heterocycles. The van der Waals surface area contributed by atoms with Crippen molar-refractivity contribution >= 4 is 15.9 Å². The highest BCUT2D eigenvalue weighted by Gasteiger charge is 2.45. The van der Waals surface area contributed by atoms with E-state index in [1.165, 1.54) is 26.0 Å². The summed E-state index contributed by atoms with van der Waals surface area (Å²) in [5.74, 6) is -1.20. The van der Waals surface area contributed by atoms with Crippen LogP contribution in [0.1, 0.15) is 19.4 Å². The van der Waals surface area contributed by atoms with Crippen molar-refractivity contribution in [2.45, 2.75) is 31.2 Å². The molecule has 0 saturated carbocycles. The zero-order chi connectivity index (χ0) is 15.1. The molecule has 110 valence electrons. The van der Waals surface area contributed by atoms with Gasteiger partial charge in [0.2, 0.25) is 15.9 Å². The van der Waals surface area contributed by atoms with E-state index in [4.69, 9.17) is 0 Å². The van der Waals surface area contributed by atoms with Crippen LogP contribution in [0.2, 0.25) is 0 Å². The summed E-state index contributed by atoms with van der Waals surface area (Å²) in [6.07, 6.45) is 0. The fourth-order valence-electron chi connectivity index (χ4n) is 2.23. The number of hydrogen-bond donors (Lipinski definition) is 1. The molecule has 1 heterocycles. The lowest BCUT2D eigenvalue weighted by molar-refractivity contribution is -0.131. The van der Waals surface area contributed by atoms with Crippen molar-refractivity contribution in [1.29, 1.82) is 0 Å². The Kier molecular flexibility index (Phi) is 3.60. The number of aryl methyl sites for hydroxylation is 1. The average Bonchev–Trinajstić information content (AvgIpc) is 2.35. The largest absolute Gasteiger partial charge is 0.353 e. The van der Waals surface area contributed by atoms with Gasteiger partial charge in [-0.1, -0.05) is 6.07 Å². The summed E-state index contributed by atoms with van der Waals surface area (Å²) in [6, 6.07) is 3.91. The Morgan fingerprint density at radius 2 is 2.00 bits per heavy atom. The molecule has 2 rings (SSSR count). The van der Waals surface area contributed by atoms with Crippen LogP contribution >= 0.6 is 0 Å². The molecule has 1 aromatic carbocycles. The second kappa shape index (κ2) is 4.82. The summed E-state index contributed by atoms with van der Waals surface area (Å²) in [4.78, 5) is 11.5. The van der Waals surface area contributed by atoms with Crippen LogP contribution in [0, 0.1) is 12.7 Å².